The van der Waals surface area contributed by atoms with E-state index < -0.39 is 23.9 Å². The number of aliphatic hydroxyl groups excluding tert-OH is 2. The zero-order chi connectivity index (χ0) is 30.0. The second kappa shape index (κ2) is 9.31. The molecule has 2 spiro atoms. The highest BCUT2D eigenvalue weighted by molar-refractivity contribution is 5.67. The van der Waals surface area contributed by atoms with Gasteiger partial charge in [-0.15, -0.1) is 0 Å². The van der Waals surface area contributed by atoms with Crippen molar-refractivity contribution in [1.29, 1.82) is 0 Å². The van der Waals surface area contributed by atoms with Gasteiger partial charge < -0.3 is 30.1 Å². The molecule has 5 saturated carbocycles. The van der Waals surface area contributed by atoms with E-state index in [9.17, 15) is 20.1 Å². The van der Waals surface area contributed by atoms with Gasteiger partial charge in [0.05, 0.1) is 23.9 Å². The Hall–Kier alpha value is -0.890. The van der Waals surface area contributed by atoms with Crippen LogP contribution < -0.4 is 5.32 Å². The van der Waals surface area contributed by atoms with Gasteiger partial charge in [0, 0.05) is 17.4 Å². The lowest BCUT2D eigenvalue weighted by Crippen LogP contribution is -2.60. The van der Waals surface area contributed by atoms with Crippen LogP contribution in [0.15, 0.2) is 0 Å². The average Bonchev–Trinajstić information content (AvgIpc) is 3.52. The predicted octanol–water partition coefficient (Wildman–Crippen LogP) is 5.44. The first-order valence-electron chi connectivity index (χ1n) is 16.7. The van der Waals surface area contributed by atoms with Crippen molar-refractivity contribution in [2.45, 2.75) is 149 Å². The summed E-state index contributed by atoms with van der Waals surface area (Å²) < 4.78 is 12.7. The van der Waals surface area contributed by atoms with Gasteiger partial charge >= 0.3 is 6.09 Å². The van der Waals surface area contributed by atoms with Crippen LogP contribution in [0.5, 0.6) is 0 Å². The van der Waals surface area contributed by atoms with Gasteiger partial charge in [-0.3, -0.25) is 0 Å². The molecule has 13 atom stereocenters. The number of carbonyl (C=O) groups is 1. The monoisotopic (exact) mass is 575 g/mol. The minimum atomic E-state index is -1.25. The third kappa shape index (κ3) is 3.80. The number of nitrogens with one attached hydrogen (secondary N) is 1. The van der Waals surface area contributed by atoms with Crippen LogP contribution in [0.25, 0.3) is 0 Å². The molecule has 7 heteroatoms. The largest absolute Gasteiger partial charge is 0.446 e. The summed E-state index contributed by atoms with van der Waals surface area (Å²) in [7, 11) is 0. The summed E-state index contributed by atoms with van der Waals surface area (Å²) in [4.78, 5) is 12.5. The zero-order valence-corrected chi connectivity index (χ0v) is 26.8. The van der Waals surface area contributed by atoms with E-state index in [2.05, 4.69) is 46.9 Å². The molecule has 6 fully saturated rings. The van der Waals surface area contributed by atoms with E-state index in [1.807, 2.05) is 0 Å². The van der Waals surface area contributed by atoms with Gasteiger partial charge in [-0.05, 0) is 112 Å². The zero-order valence-electron chi connectivity index (χ0n) is 26.8. The molecule has 1 amide bonds. The third-order valence-corrected chi connectivity index (χ3v) is 14.6. The van der Waals surface area contributed by atoms with Crippen LogP contribution in [0.2, 0.25) is 0 Å². The standard InChI is InChI=1S/C34H57NO6/c1-9-16-35-28(38)41-23-12-13-33-18-34(33)15-14-31(7)24-19(2)17-20(26(36)30(5,6)39)40-25(24)27(37)32(31,8)22(34)11-10-21(33)29(23,3)4/h19-27,36-37,39H,9-18H2,1-8H3,(H,35,38)/t19-,20?,21+,22?,23?,24+,25?,26+,27+,31-,32-,33-,34+/m1/s1. The van der Waals surface area contributed by atoms with E-state index in [1.165, 1.54) is 12.8 Å². The summed E-state index contributed by atoms with van der Waals surface area (Å²) in [6, 6.07) is 0. The van der Waals surface area contributed by atoms with E-state index in [0.29, 0.717) is 30.7 Å². The van der Waals surface area contributed by atoms with Gasteiger partial charge in [-0.25, -0.2) is 4.79 Å². The molecule has 0 bridgehead atoms. The first-order chi connectivity index (χ1) is 19.0. The molecule has 6 rings (SSSR count). The number of hydrogen-bond donors (Lipinski definition) is 4. The summed E-state index contributed by atoms with van der Waals surface area (Å²) >= 11 is 0. The molecule has 5 aliphatic carbocycles. The molecule has 0 aromatic carbocycles. The van der Waals surface area contributed by atoms with Crippen molar-refractivity contribution in [2.75, 3.05) is 6.54 Å². The number of aliphatic hydroxyl groups is 3. The summed E-state index contributed by atoms with van der Waals surface area (Å²) in [5, 5.41) is 36.7. The molecule has 1 saturated heterocycles. The molecular formula is C34H57NO6. The van der Waals surface area contributed by atoms with Gasteiger partial charge in [-0.2, -0.15) is 0 Å². The maximum Gasteiger partial charge on any atom is 0.407 e. The molecule has 4 N–H and O–H groups in total. The Balaban J connectivity index is 1.27. The molecule has 41 heavy (non-hydrogen) atoms. The SMILES string of the molecule is CCCNC(=O)OC1CC[C@]23C[C@]24CC[C@]2(C)[C@@H]5C(OC([C@H](O)C(C)(C)O)C[C@H]5C)[C@H](O)[C@@]2(C)C4CC[C@H]3C1(C)C. The third-order valence-electron chi connectivity index (χ3n) is 14.6. The Morgan fingerprint density at radius 2 is 1.73 bits per heavy atom. The lowest BCUT2D eigenvalue weighted by atomic mass is 9.41. The van der Waals surface area contributed by atoms with Crippen molar-refractivity contribution >= 4 is 6.09 Å². The van der Waals surface area contributed by atoms with Gasteiger partial charge in [0.2, 0.25) is 0 Å². The number of ether oxygens (including phenoxy) is 2. The Labute approximate surface area is 247 Å². The minimum absolute atomic E-state index is 0.0408. The van der Waals surface area contributed by atoms with Crippen molar-refractivity contribution in [3.05, 3.63) is 0 Å². The molecular weight excluding hydrogens is 518 g/mol. The number of alkyl carbamates (subject to hydrolysis) is 1. The molecule has 0 aromatic heterocycles. The molecule has 234 valence electrons. The van der Waals surface area contributed by atoms with Crippen molar-refractivity contribution in [1.82, 2.24) is 5.32 Å². The number of carbonyl (C=O) groups excluding carboxylic acids is 1. The summed E-state index contributed by atoms with van der Waals surface area (Å²) in [5.74, 6) is 1.47. The number of rotatable bonds is 5. The van der Waals surface area contributed by atoms with Crippen molar-refractivity contribution in [2.24, 2.45) is 50.7 Å². The van der Waals surface area contributed by atoms with E-state index in [0.717, 1.165) is 38.5 Å². The molecule has 1 aliphatic heterocycles. The van der Waals surface area contributed by atoms with Crippen LogP contribution in [0.4, 0.5) is 4.79 Å². The van der Waals surface area contributed by atoms with E-state index >= 15 is 0 Å². The Bertz CT molecular complexity index is 1060. The van der Waals surface area contributed by atoms with Gasteiger partial charge in [0.15, 0.2) is 0 Å². The lowest BCUT2D eigenvalue weighted by molar-refractivity contribution is -0.202. The van der Waals surface area contributed by atoms with Gasteiger partial charge in [-0.1, -0.05) is 41.5 Å². The predicted molar refractivity (Wildman–Crippen MR) is 157 cm³/mol. The fourth-order valence-electron chi connectivity index (χ4n) is 12.6. The van der Waals surface area contributed by atoms with Crippen molar-refractivity contribution < 1.29 is 29.6 Å². The van der Waals surface area contributed by atoms with Crippen LogP contribution in [-0.4, -0.2) is 64.1 Å². The summed E-state index contributed by atoms with van der Waals surface area (Å²) in [6.45, 7) is 17.7. The van der Waals surface area contributed by atoms with E-state index in [-0.39, 0.29) is 51.3 Å². The van der Waals surface area contributed by atoms with Gasteiger partial charge in [0.1, 0.15) is 12.2 Å². The second-order valence-electron chi connectivity index (χ2n) is 17.0. The topological polar surface area (TPSA) is 108 Å². The summed E-state index contributed by atoms with van der Waals surface area (Å²) in [6.07, 6.45) is 6.63. The Morgan fingerprint density at radius 3 is 2.39 bits per heavy atom. The highest BCUT2D eigenvalue weighted by Crippen LogP contribution is 2.89. The number of fused-ring (bicyclic) bond motifs is 4. The number of hydrogen-bond acceptors (Lipinski definition) is 6. The Kier molecular flexibility index (Phi) is 6.85. The summed E-state index contributed by atoms with van der Waals surface area (Å²) in [5.41, 5.74) is -1.14. The van der Waals surface area contributed by atoms with Crippen molar-refractivity contribution in [3.8, 4) is 0 Å². The average molecular weight is 576 g/mol. The smallest absolute Gasteiger partial charge is 0.407 e. The molecule has 4 unspecified atom stereocenters. The van der Waals surface area contributed by atoms with Gasteiger partial charge in [0.25, 0.3) is 0 Å². The molecule has 0 radical (unpaired) electrons. The molecule has 6 aliphatic rings. The molecule has 7 nitrogen and oxygen atoms in total. The van der Waals surface area contributed by atoms with Crippen LogP contribution in [-0.2, 0) is 9.47 Å². The van der Waals surface area contributed by atoms with Crippen molar-refractivity contribution in [3.63, 3.8) is 0 Å². The van der Waals surface area contributed by atoms with Crippen LogP contribution in [0.3, 0.4) is 0 Å². The lowest BCUT2D eigenvalue weighted by Gasteiger charge is -2.63. The molecule has 0 aromatic rings. The van der Waals surface area contributed by atoms with Crippen LogP contribution in [0.1, 0.15) is 113 Å². The fourth-order valence-corrected chi connectivity index (χ4v) is 12.6. The minimum Gasteiger partial charge on any atom is -0.446 e. The fraction of sp³-hybridized carbons (Fsp3) is 0.971. The van der Waals surface area contributed by atoms with E-state index in [1.54, 1.807) is 13.8 Å². The maximum absolute atomic E-state index is 12.5. The molecule has 1 heterocycles. The maximum atomic E-state index is 12.5. The first-order valence-corrected chi connectivity index (χ1v) is 16.7. The quantitative estimate of drug-likeness (QED) is 0.348. The highest BCUT2D eigenvalue weighted by atomic mass is 16.6. The second-order valence-corrected chi connectivity index (χ2v) is 17.0. The number of amides is 1. The van der Waals surface area contributed by atoms with E-state index in [4.69, 9.17) is 9.47 Å². The first kappa shape index (κ1) is 30.1. The normalized spacial score (nSPS) is 52.2. The Morgan fingerprint density at radius 1 is 1.07 bits per heavy atom. The van der Waals surface area contributed by atoms with Crippen LogP contribution >= 0.6 is 0 Å². The highest BCUT2D eigenvalue weighted by Gasteiger charge is 2.84. The van der Waals surface area contributed by atoms with Crippen LogP contribution in [0, 0.1) is 50.7 Å².